The van der Waals surface area contributed by atoms with E-state index in [4.69, 9.17) is 0 Å². The van der Waals surface area contributed by atoms with Crippen molar-refractivity contribution in [2.75, 3.05) is 0 Å². The summed E-state index contributed by atoms with van der Waals surface area (Å²) < 4.78 is 2.62. The van der Waals surface area contributed by atoms with Crippen molar-refractivity contribution in [1.82, 2.24) is 0 Å². The molecule has 0 N–H and O–H groups in total. The Bertz CT molecular complexity index is 3790. The van der Waals surface area contributed by atoms with Crippen LogP contribution >= 0.6 is 11.3 Å². The Labute approximate surface area is 365 Å². The first-order chi connectivity index (χ1) is 30.7. The molecule has 0 spiro atoms. The Hall–Kier alpha value is -7.32. The van der Waals surface area contributed by atoms with Gasteiger partial charge in [0.05, 0.1) is 0 Å². The van der Waals surface area contributed by atoms with Crippen molar-refractivity contribution in [2.45, 2.75) is 13.3 Å². The van der Waals surface area contributed by atoms with E-state index in [9.17, 15) is 0 Å². The van der Waals surface area contributed by atoms with Gasteiger partial charge in [0, 0.05) is 26.1 Å². The second-order valence-electron chi connectivity index (χ2n) is 16.7. The van der Waals surface area contributed by atoms with Crippen LogP contribution in [0.15, 0.2) is 206 Å². The summed E-state index contributed by atoms with van der Waals surface area (Å²) in [6.45, 7) is 2.31. The van der Waals surface area contributed by atoms with E-state index in [2.05, 4.69) is 225 Å². The van der Waals surface area contributed by atoms with Gasteiger partial charge >= 0.3 is 0 Å². The third-order valence-corrected chi connectivity index (χ3v) is 14.4. The van der Waals surface area contributed by atoms with Gasteiger partial charge in [-0.2, -0.15) is 0 Å². The van der Waals surface area contributed by atoms with Gasteiger partial charge in [-0.15, -0.1) is 11.3 Å². The van der Waals surface area contributed by atoms with Crippen molar-refractivity contribution in [1.29, 1.82) is 0 Å². The molecule has 1 aromatic heterocycles. The Morgan fingerprint density at radius 3 is 1.69 bits per heavy atom. The standard InChI is InChI=1S/C61H42S/c1-39(49-21-9-10-22-50(49)59(42-17-3-2-4-18-42)46-29-27-40-15-5-7-19-44(40)35-46)43-31-33-57-55(37-43)56-38-48(32-34-58(56)62-57)61-53-25-13-11-23-51(53)60(52-24-12-14-26-54(52)61)47-30-28-41-16-6-8-20-45(41)36-47/h2-28,30-38,46H,29H2,1H3/b49-39+,59-50+. The maximum atomic E-state index is 2.48. The van der Waals surface area contributed by atoms with Gasteiger partial charge in [-0.3, -0.25) is 0 Å². The molecule has 0 aliphatic heterocycles. The highest BCUT2D eigenvalue weighted by Crippen LogP contribution is 2.46. The molecule has 11 aromatic rings. The molecule has 62 heavy (non-hydrogen) atoms. The zero-order chi connectivity index (χ0) is 41.1. The minimum atomic E-state index is 0.261. The lowest BCUT2D eigenvalue weighted by molar-refractivity contribution is 0.907. The topological polar surface area (TPSA) is 0 Å². The van der Waals surface area contributed by atoms with Gasteiger partial charge in [0.15, 0.2) is 0 Å². The third-order valence-electron chi connectivity index (χ3n) is 13.2. The first kappa shape index (κ1) is 36.5. The summed E-state index contributed by atoms with van der Waals surface area (Å²) in [5, 5.41) is 15.4. The van der Waals surface area contributed by atoms with Crippen molar-refractivity contribution in [3.8, 4) is 22.3 Å². The largest absolute Gasteiger partial charge is 0.135 e. The average molecular weight is 807 g/mol. The fourth-order valence-corrected chi connectivity index (χ4v) is 11.3. The maximum Gasteiger partial charge on any atom is 0.0355 e. The molecular formula is C61H42S. The molecule has 0 fully saturated rings. The summed E-state index contributed by atoms with van der Waals surface area (Å²) in [6.07, 6.45) is 5.87. The van der Waals surface area contributed by atoms with E-state index in [0.717, 1.165) is 6.42 Å². The number of hydrogen-bond donors (Lipinski definition) is 0. The fraction of sp³-hybridized carbons (Fsp3) is 0.0492. The van der Waals surface area contributed by atoms with Crippen LogP contribution in [0.2, 0.25) is 0 Å². The first-order valence-corrected chi connectivity index (χ1v) is 22.5. The molecule has 12 rings (SSSR count). The Kier molecular flexibility index (Phi) is 8.83. The van der Waals surface area contributed by atoms with Crippen LogP contribution in [-0.2, 0) is 0 Å². The molecule has 292 valence electrons. The molecule has 0 nitrogen and oxygen atoms in total. The van der Waals surface area contributed by atoms with E-state index in [1.165, 1.54) is 118 Å². The quantitative estimate of drug-likeness (QED) is 0.152. The van der Waals surface area contributed by atoms with E-state index in [1.54, 1.807) is 0 Å². The highest BCUT2D eigenvalue weighted by atomic mass is 32.1. The second-order valence-corrected chi connectivity index (χ2v) is 17.8. The van der Waals surface area contributed by atoms with Crippen molar-refractivity contribution in [3.63, 3.8) is 0 Å². The highest BCUT2D eigenvalue weighted by Gasteiger charge is 2.20. The Balaban J connectivity index is 1.05. The SMILES string of the molecule is C/C(c1ccc2sc3ccc(-c4c5ccccc5c(-c5ccc6ccccc6c5)c5ccccc45)cc3c2c1)=c1/cccc/c1=C(/c1ccccc1)C1C=c2ccccc2=CC1. The number of fused-ring (bicyclic) bond motifs is 7. The molecule has 0 saturated carbocycles. The van der Waals surface area contributed by atoms with E-state index in [-0.39, 0.29) is 5.92 Å². The predicted octanol–water partition coefficient (Wildman–Crippen LogP) is 13.5. The molecular weight excluding hydrogens is 765 g/mol. The van der Waals surface area contributed by atoms with Gasteiger partial charge in [0.1, 0.15) is 0 Å². The van der Waals surface area contributed by atoms with E-state index >= 15 is 0 Å². The summed E-state index contributed by atoms with van der Waals surface area (Å²) >= 11 is 1.89. The average Bonchev–Trinajstić information content (AvgIpc) is 3.70. The number of hydrogen-bond acceptors (Lipinski definition) is 1. The molecule has 1 atom stereocenters. The van der Waals surface area contributed by atoms with Crippen LogP contribution in [0.1, 0.15) is 24.5 Å². The maximum absolute atomic E-state index is 2.48. The van der Waals surface area contributed by atoms with Crippen LogP contribution in [0, 0.1) is 5.92 Å². The normalized spacial score (nSPS) is 14.8. The van der Waals surface area contributed by atoms with E-state index in [0.29, 0.717) is 0 Å². The lowest BCUT2D eigenvalue weighted by Gasteiger charge is -2.20. The summed E-state index contributed by atoms with van der Waals surface area (Å²) in [4.78, 5) is 0. The Morgan fingerprint density at radius 1 is 0.419 bits per heavy atom. The molecule has 0 radical (unpaired) electrons. The predicted molar refractivity (Wildman–Crippen MR) is 268 cm³/mol. The zero-order valence-electron chi connectivity index (χ0n) is 34.5. The van der Waals surface area contributed by atoms with Crippen LogP contribution in [0.25, 0.3) is 98.0 Å². The summed E-state index contributed by atoms with van der Waals surface area (Å²) in [5.41, 5.74) is 10.3. The van der Waals surface area contributed by atoms with Gasteiger partial charge in [-0.25, -0.2) is 0 Å². The van der Waals surface area contributed by atoms with Crippen LogP contribution < -0.4 is 20.9 Å². The van der Waals surface area contributed by atoms with Crippen molar-refractivity contribution in [3.05, 3.63) is 238 Å². The van der Waals surface area contributed by atoms with Gasteiger partial charge in [-0.05, 0) is 141 Å². The number of rotatable bonds is 5. The summed E-state index contributed by atoms with van der Waals surface area (Å²) in [7, 11) is 0. The molecule has 1 aliphatic carbocycles. The molecule has 1 aliphatic rings. The highest BCUT2D eigenvalue weighted by molar-refractivity contribution is 7.25. The lowest BCUT2D eigenvalue weighted by Crippen LogP contribution is -2.34. The minimum Gasteiger partial charge on any atom is -0.135 e. The summed E-state index contributed by atoms with van der Waals surface area (Å²) in [6, 6.07) is 76.7. The molecule has 1 heterocycles. The second kappa shape index (κ2) is 15.0. The van der Waals surface area contributed by atoms with Crippen molar-refractivity contribution in [2.24, 2.45) is 5.92 Å². The first-order valence-electron chi connectivity index (χ1n) is 21.7. The fourth-order valence-electron chi connectivity index (χ4n) is 10.2. The van der Waals surface area contributed by atoms with Gasteiger partial charge in [0.25, 0.3) is 0 Å². The van der Waals surface area contributed by atoms with Crippen molar-refractivity contribution < 1.29 is 0 Å². The number of thiophene rings is 1. The lowest BCUT2D eigenvalue weighted by atomic mass is 9.84. The molecule has 0 amide bonds. The summed E-state index contributed by atoms with van der Waals surface area (Å²) in [5.74, 6) is 0.261. The van der Waals surface area contributed by atoms with Gasteiger partial charge in [-0.1, -0.05) is 188 Å². The van der Waals surface area contributed by atoms with Crippen LogP contribution in [-0.4, -0.2) is 0 Å². The monoisotopic (exact) mass is 806 g/mol. The van der Waals surface area contributed by atoms with Crippen molar-refractivity contribution >= 4 is 87.1 Å². The molecule has 1 unspecified atom stereocenters. The third kappa shape index (κ3) is 6.12. The van der Waals surface area contributed by atoms with Gasteiger partial charge in [0.2, 0.25) is 0 Å². The molecule has 1 heteroatoms. The number of benzene rings is 10. The van der Waals surface area contributed by atoms with Crippen LogP contribution in [0.3, 0.4) is 0 Å². The molecule has 0 saturated heterocycles. The molecule has 10 aromatic carbocycles. The Morgan fingerprint density at radius 2 is 0.968 bits per heavy atom. The minimum absolute atomic E-state index is 0.261. The van der Waals surface area contributed by atoms with Crippen LogP contribution in [0.4, 0.5) is 0 Å². The van der Waals surface area contributed by atoms with E-state index in [1.807, 2.05) is 11.3 Å². The van der Waals surface area contributed by atoms with Gasteiger partial charge < -0.3 is 0 Å². The van der Waals surface area contributed by atoms with E-state index < -0.39 is 0 Å². The zero-order valence-corrected chi connectivity index (χ0v) is 35.3. The van der Waals surface area contributed by atoms with Crippen LogP contribution in [0.5, 0.6) is 0 Å². The molecule has 0 bridgehead atoms. The smallest absolute Gasteiger partial charge is 0.0355 e.